The third kappa shape index (κ3) is 5.14. The topological polar surface area (TPSA) is 53.5 Å². The molecule has 25 heavy (non-hydrogen) atoms. The Hall–Kier alpha value is -2.69. The van der Waals surface area contributed by atoms with Crippen LogP contribution in [0.1, 0.15) is 46.2 Å². The van der Waals surface area contributed by atoms with Crippen molar-refractivity contribution < 1.29 is 9.59 Å². The summed E-state index contributed by atoms with van der Waals surface area (Å²) in [6.45, 7) is 3.29. The van der Waals surface area contributed by atoms with Gasteiger partial charge < -0.3 is 9.80 Å². The summed E-state index contributed by atoms with van der Waals surface area (Å²) in [5.41, 5.74) is 1.82. The maximum atomic E-state index is 12.6. The van der Waals surface area contributed by atoms with Crippen LogP contribution in [0.25, 0.3) is 0 Å². The molecule has 1 heterocycles. The molecule has 0 spiro atoms. The lowest BCUT2D eigenvalue weighted by molar-refractivity contribution is 0.0779. The Labute approximate surface area is 149 Å². The average molecular weight is 339 g/mol. The molecule has 0 unspecified atom stereocenters. The van der Waals surface area contributed by atoms with Gasteiger partial charge in [0.15, 0.2) is 0 Å². The number of benzene rings is 1. The molecule has 0 radical (unpaired) electrons. The van der Waals surface area contributed by atoms with Crippen molar-refractivity contribution in [1.29, 1.82) is 0 Å². The van der Waals surface area contributed by atoms with Crippen molar-refractivity contribution in [2.24, 2.45) is 0 Å². The van der Waals surface area contributed by atoms with Crippen LogP contribution in [0, 0.1) is 0 Å². The quantitative estimate of drug-likeness (QED) is 0.778. The SMILES string of the molecule is CCCCN(C)C(=O)c1ccnc(C(=O)N(C)Cc2ccccc2)c1. The summed E-state index contributed by atoms with van der Waals surface area (Å²) >= 11 is 0. The van der Waals surface area contributed by atoms with E-state index in [4.69, 9.17) is 0 Å². The zero-order valence-corrected chi connectivity index (χ0v) is 15.1. The Morgan fingerprint density at radius 3 is 2.40 bits per heavy atom. The number of hydrogen-bond acceptors (Lipinski definition) is 3. The van der Waals surface area contributed by atoms with Crippen LogP contribution in [0.4, 0.5) is 0 Å². The molecule has 132 valence electrons. The Balaban J connectivity index is 2.09. The number of nitrogens with zero attached hydrogens (tertiary/aromatic N) is 3. The normalized spacial score (nSPS) is 10.4. The summed E-state index contributed by atoms with van der Waals surface area (Å²) in [7, 11) is 3.51. The van der Waals surface area contributed by atoms with E-state index in [1.807, 2.05) is 30.3 Å². The Bertz CT molecular complexity index is 716. The molecule has 0 saturated carbocycles. The fraction of sp³-hybridized carbons (Fsp3) is 0.350. The summed E-state index contributed by atoms with van der Waals surface area (Å²) in [5, 5.41) is 0. The first-order valence-electron chi connectivity index (χ1n) is 8.53. The number of unbranched alkanes of at least 4 members (excludes halogenated alkanes) is 1. The van der Waals surface area contributed by atoms with Gasteiger partial charge in [0, 0.05) is 38.9 Å². The summed E-state index contributed by atoms with van der Waals surface area (Å²) in [4.78, 5) is 32.5. The van der Waals surface area contributed by atoms with Crippen LogP contribution < -0.4 is 0 Å². The van der Waals surface area contributed by atoms with Crippen LogP contribution in [-0.2, 0) is 6.54 Å². The van der Waals surface area contributed by atoms with Crippen LogP contribution in [0.3, 0.4) is 0 Å². The van der Waals surface area contributed by atoms with Crippen LogP contribution >= 0.6 is 0 Å². The van der Waals surface area contributed by atoms with Gasteiger partial charge in [0.2, 0.25) is 0 Å². The second kappa shape index (κ2) is 8.97. The predicted molar refractivity (Wildman–Crippen MR) is 98.3 cm³/mol. The highest BCUT2D eigenvalue weighted by atomic mass is 16.2. The van der Waals surface area contributed by atoms with Gasteiger partial charge in [0.25, 0.3) is 11.8 Å². The molecule has 0 saturated heterocycles. The van der Waals surface area contributed by atoms with Crippen LogP contribution in [0.5, 0.6) is 0 Å². The van der Waals surface area contributed by atoms with Crippen LogP contribution in [-0.4, -0.2) is 47.2 Å². The van der Waals surface area contributed by atoms with Gasteiger partial charge in [-0.1, -0.05) is 43.7 Å². The van der Waals surface area contributed by atoms with Crippen molar-refractivity contribution in [2.45, 2.75) is 26.3 Å². The molecule has 0 bridgehead atoms. The van der Waals surface area contributed by atoms with Crippen molar-refractivity contribution >= 4 is 11.8 Å². The minimum atomic E-state index is -0.199. The van der Waals surface area contributed by atoms with Crippen LogP contribution in [0.15, 0.2) is 48.7 Å². The Kier molecular flexibility index (Phi) is 6.69. The number of amides is 2. The minimum Gasteiger partial charge on any atom is -0.342 e. The fourth-order valence-electron chi connectivity index (χ4n) is 2.52. The maximum absolute atomic E-state index is 12.6. The lowest BCUT2D eigenvalue weighted by atomic mass is 10.1. The maximum Gasteiger partial charge on any atom is 0.272 e. The van der Waals surface area contributed by atoms with Gasteiger partial charge in [-0.3, -0.25) is 14.6 Å². The molecule has 5 heteroatoms. The lowest BCUT2D eigenvalue weighted by Crippen LogP contribution is -2.29. The fourth-order valence-corrected chi connectivity index (χ4v) is 2.52. The van der Waals surface area contributed by atoms with E-state index in [2.05, 4.69) is 11.9 Å². The number of rotatable bonds is 7. The van der Waals surface area contributed by atoms with E-state index in [0.29, 0.717) is 18.7 Å². The molecule has 0 atom stereocenters. The molecule has 0 aliphatic heterocycles. The Morgan fingerprint density at radius 1 is 1.00 bits per heavy atom. The van der Waals surface area contributed by atoms with E-state index >= 15 is 0 Å². The standard InChI is InChI=1S/C20H25N3O2/c1-4-5-13-22(2)19(24)17-11-12-21-18(14-17)20(25)23(3)15-16-9-7-6-8-10-16/h6-12,14H,4-5,13,15H2,1-3H3. The molecule has 2 rings (SSSR count). The first-order valence-corrected chi connectivity index (χ1v) is 8.53. The van der Waals surface area contributed by atoms with E-state index in [0.717, 1.165) is 18.4 Å². The van der Waals surface area contributed by atoms with Crippen molar-refractivity contribution in [3.63, 3.8) is 0 Å². The van der Waals surface area contributed by atoms with Crippen molar-refractivity contribution in [3.8, 4) is 0 Å². The van der Waals surface area contributed by atoms with Gasteiger partial charge in [-0.15, -0.1) is 0 Å². The molecule has 5 nitrogen and oxygen atoms in total. The van der Waals surface area contributed by atoms with E-state index < -0.39 is 0 Å². The summed E-state index contributed by atoms with van der Waals surface area (Å²) in [6.07, 6.45) is 3.51. The molecule has 1 aromatic heterocycles. The highest BCUT2D eigenvalue weighted by molar-refractivity contribution is 5.98. The second-order valence-electron chi connectivity index (χ2n) is 6.16. The second-order valence-corrected chi connectivity index (χ2v) is 6.16. The van der Waals surface area contributed by atoms with Crippen LogP contribution in [0.2, 0.25) is 0 Å². The third-order valence-corrected chi connectivity index (χ3v) is 4.03. The zero-order valence-electron chi connectivity index (χ0n) is 15.1. The monoisotopic (exact) mass is 339 g/mol. The summed E-state index contributed by atoms with van der Waals surface area (Å²) < 4.78 is 0. The minimum absolute atomic E-state index is 0.0874. The van der Waals surface area contributed by atoms with E-state index in [9.17, 15) is 9.59 Å². The van der Waals surface area contributed by atoms with Gasteiger partial charge in [-0.2, -0.15) is 0 Å². The van der Waals surface area contributed by atoms with Gasteiger partial charge in [-0.25, -0.2) is 0 Å². The van der Waals surface area contributed by atoms with Gasteiger partial charge in [0.05, 0.1) is 0 Å². The smallest absolute Gasteiger partial charge is 0.272 e. The number of carbonyl (C=O) groups is 2. The van der Waals surface area contributed by atoms with Crippen molar-refractivity contribution in [2.75, 3.05) is 20.6 Å². The predicted octanol–water partition coefficient (Wildman–Crippen LogP) is 3.23. The van der Waals surface area contributed by atoms with Gasteiger partial charge >= 0.3 is 0 Å². The molecule has 2 amide bonds. The highest BCUT2D eigenvalue weighted by Gasteiger charge is 2.17. The zero-order chi connectivity index (χ0) is 18.2. The van der Waals surface area contributed by atoms with Crippen molar-refractivity contribution in [3.05, 3.63) is 65.5 Å². The lowest BCUT2D eigenvalue weighted by Gasteiger charge is -2.19. The molecular weight excluding hydrogens is 314 g/mol. The molecule has 1 aromatic carbocycles. The molecule has 0 fully saturated rings. The molecule has 0 N–H and O–H groups in total. The number of aromatic nitrogens is 1. The first kappa shape index (κ1) is 18.6. The van der Waals surface area contributed by atoms with Gasteiger partial charge in [0.1, 0.15) is 5.69 Å². The number of pyridine rings is 1. The Morgan fingerprint density at radius 2 is 1.72 bits per heavy atom. The first-order chi connectivity index (χ1) is 12.0. The van der Waals surface area contributed by atoms with Crippen molar-refractivity contribution in [1.82, 2.24) is 14.8 Å². The molecular formula is C20H25N3O2. The van der Waals surface area contributed by atoms with E-state index in [-0.39, 0.29) is 17.5 Å². The van der Waals surface area contributed by atoms with E-state index in [1.165, 1.54) is 6.20 Å². The van der Waals surface area contributed by atoms with Gasteiger partial charge in [-0.05, 0) is 24.1 Å². The summed E-state index contributed by atoms with van der Waals surface area (Å²) in [5.74, 6) is -0.287. The number of carbonyl (C=O) groups excluding carboxylic acids is 2. The molecule has 0 aliphatic carbocycles. The van der Waals surface area contributed by atoms with E-state index in [1.54, 1.807) is 36.0 Å². The summed E-state index contributed by atoms with van der Waals surface area (Å²) in [6, 6.07) is 13.0. The largest absolute Gasteiger partial charge is 0.342 e. The third-order valence-electron chi connectivity index (χ3n) is 4.03. The molecule has 2 aromatic rings. The molecule has 0 aliphatic rings. The average Bonchev–Trinajstić information content (AvgIpc) is 2.65. The number of hydrogen-bond donors (Lipinski definition) is 0. The highest BCUT2D eigenvalue weighted by Crippen LogP contribution is 2.10.